The van der Waals surface area contributed by atoms with Crippen molar-refractivity contribution in [3.63, 3.8) is 0 Å². The molecule has 1 heteroatoms. The summed E-state index contributed by atoms with van der Waals surface area (Å²) < 4.78 is 4.98. The van der Waals surface area contributed by atoms with Crippen molar-refractivity contribution in [1.29, 1.82) is 0 Å². The number of rotatable bonds is 5. The molecule has 0 spiro atoms. The lowest BCUT2D eigenvalue weighted by Gasteiger charge is -1.98. The lowest BCUT2D eigenvalue weighted by molar-refractivity contribution is 0.237. The molecule has 0 saturated heterocycles. The molecule has 0 amide bonds. The Morgan fingerprint density at radius 2 is 1.45 bits per heavy atom. The minimum absolute atomic E-state index is 0.615. The summed E-state index contributed by atoms with van der Waals surface area (Å²) in [6, 6.07) is 20.1. The van der Waals surface area contributed by atoms with Crippen molar-refractivity contribution in [2.24, 2.45) is 0 Å². The number of hydrogen-bond acceptors (Lipinski definition) is 1. The number of allylic oxidation sites excluding steroid dienone is 2. The topological polar surface area (TPSA) is 9.23 Å². The van der Waals surface area contributed by atoms with Crippen molar-refractivity contribution >= 4 is 6.08 Å². The van der Waals surface area contributed by atoms with E-state index in [1.807, 2.05) is 60.7 Å². The van der Waals surface area contributed by atoms with Gasteiger partial charge in [-0.2, -0.15) is 0 Å². The first-order chi connectivity index (χ1) is 9.86. The number of benzene rings is 2. The van der Waals surface area contributed by atoms with Crippen molar-refractivity contribution in [3.8, 4) is 0 Å². The second-order valence-electron chi connectivity index (χ2n) is 3.97. The molecule has 0 aliphatic rings. The third kappa shape index (κ3) is 7.02. The van der Waals surface area contributed by atoms with Crippen LogP contribution in [0.25, 0.3) is 6.08 Å². The first kappa shape index (κ1) is 15.5. The Hall–Kier alpha value is -2.54. The second kappa shape index (κ2) is 10.4. The van der Waals surface area contributed by atoms with Gasteiger partial charge in [-0.3, -0.25) is 0 Å². The first-order valence-electron chi connectivity index (χ1n) is 6.47. The lowest BCUT2D eigenvalue weighted by atomic mass is 10.2. The van der Waals surface area contributed by atoms with E-state index in [1.165, 1.54) is 17.4 Å². The molecule has 0 N–H and O–H groups in total. The van der Waals surface area contributed by atoms with Gasteiger partial charge in [-0.15, -0.1) is 0 Å². The van der Waals surface area contributed by atoms with Gasteiger partial charge in [-0.05, 0) is 11.1 Å². The van der Waals surface area contributed by atoms with Crippen LogP contribution in [0.15, 0.2) is 92.2 Å². The summed E-state index contributed by atoms with van der Waals surface area (Å²) in [7, 11) is 0. The smallest absolute Gasteiger partial charge is 0.112 e. The minimum Gasteiger partial charge on any atom is -0.497 e. The normalized spacial score (nSPS) is 9.40. The van der Waals surface area contributed by atoms with Gasteiger partial charge in [0.1, 0.15) is 6.61 Å². The van der Waals surface area contributed by atoms with Crippen molar-refractivity contribution in [2.45, 2.75) is 6.61 Å². The summed E-state index contributed by atoms with van der Waals surface area (Å²) >= 11 is 0. The molecular formula is C19H20O. The SMILES string of the molecule is C=CC=Cc1ccccc1.C=COCc1ccccc1. The molecule has 0 aliphatic heterocycles. The molecule has 2 aromatic carbocycles. The third-order valence-corrected chi connectivity index (χ3v) is 2.44. The molecule has 2 rings (SSSR count). The fourth-order valence-corrected chi connectivity index (χ4v) is 1.47. The van der Waals surface area contributed by atoms with Crippen LogP contribution in [-0.2, 0) is 11.3 Å². The summed E-state index contributed by atoms with van der Waals surface area (Å²) in [5, 5.41) is 0. The van der Waals surface area contributed by atoms with Gasteiger partial charge in [0.05, 0.1) is 6.26 Å². The number of hydrogen-bond donors (Lipinski definition) is 0. The van der Waals surface area contributed by atoms with Gasteiger partial charge in [0.15, 0.2) is 0 Å². The molecule has 0 saturated carbocycles. The summed E-state index contributed by atoms with van der Waals surface area (Å²) in [5.41, 5.74) is 2.38. The van der Waals surface area contributed by atoms with Crippen molar-refractivity contribution in [2.75, 3.05) is 0 Å². The van der Waals surface area contributed by atoms with E-state index in [4.69, 9.17) is 4.74 Å². The number of ether oxygens (including phenoxy) is 1. The van der Waals surface area contributed by atoms with Crippen LogP contribution in [0.5, 0.6) is 0 Å². The van der Waals surface area contributed by atoms with E-state index in [-0.39, 0.29) is 0 Å². The van der Waals surface area contributed by atoms with E-state index in [0.29, 0.717) is 6.61 Å². The lowest BCUT2D eigenvalue weighted by Crippen LogP contribution is -1.83. The van der Waals surface area contributed by atoms with E-state index < -0.39 is 0 Å². The Kier molecular flexibility index (Phi) is 8.06. The summed E-state index contributed by atoms with van der Waals surface area (Å²) in [6.45, 7) is 7.66. The van der Waals surface area contributed by atoms with Gasteiger partial charge < -0.3 is 4.74 Å². The fourth-order valence-electron chi connectivity index (χ4n) is 1.47. The van der Waals surface area contributed by atoms with Crippen molar-refractivity contribution in [1.82, 2.24) is 0 Å². The van der Waals surface area contributed by atoms with E-state index in [2.05, 4.69) is 25.3 Å². The summed E-state index contributed by atoms with van der Waals surface area (Å²) in [4.78, 5) is 0. The van der Waals surface area contributed by atoms with Crippen LogP contribution in [0.4, 0.5) is 0 Å². The molecule has 0 bridgehead atoms. The Labute approximate surface area is 121 Å². The zero-order valence-corrected chi connectivity index (χ0v) is 11.6. The van der Waals surface area contributed by atoms with Gasteiger partial charge in [-0.25, -0.2) is 0 Å². The zero-order valence-electron chi connectivity index (χ0n) is 11.6. The highest BCUT2D eigenvalue weighted by Crippen LogP contribution is 2.00. The van der Waals surface area contributed by atoms with Crippen LogP contribution in [-0.4, -0.2) is 0 Å². The monoisotopic (exact) mass is 264 g/mol. The maximum absolute atomic E-state index is 4.98. The molecule has 0 radical (unpaired) electrons. The molecule has 0 heterocycles. The van der Waals surface area contributed by atoms with Gasteiger partial charge >= 0.3 is 0 Å². The zero-order chi connectivity index (χ0) is 14.5. The van der Waals surface area contributed by atoms with Crippen LogP contribution in [0.3, 0.4) is 0 Å². The molecular weight excluding hydrogens is 244 g/mol. The van der Waals surface area contributed by atoms with E-state index >= 15 is 0 Å². The maximum atomic E-state index is 4.98. The fraction of sp³-hybridized carbons (Fsp3) is 0.0526. The molecule has 1 nitrogen and oxygen atoms in total. The molecule has 0 aliphatic carbocycles. The van der Waals surface area contributed by atoms with Crippen molar-refractivity contribution < 1.29 is 4.74 Å². The second-order valence-corrected chi connectivity index (χ2v) is 3.97. The molecule has 0 unspecified atom stereocenters. The highest BCUT2D eigenvalue weighted by Gasteiger charge is 1.85. The third-order valence-electron chi connectivity index (χ3n) is 2.44. The van der Waals surface area contributed by atoms with Gasteiger partial charge in [0, 0.05) is 0 Å². The van der Waals surface area contributed by atoms with Crippen LogP contribution >= 0.6 is 0 Å². The highest BCUT2D eigenvalue weighted by molar-refractivity contribution is 5.50. The highest BCUT2D eigenvalue weighted by atomic mass is 16.5. The molecule has 0 atom stereocenters. The van der Waals surface area contributed by atoms with E-state index in [9.17, 15) is 0 Å². The van der Waals surface area contributed by atoms with Gasteiger partial charge in [0.2, 0.25) is 0 Å². The molecule has 102 valence electrons. The summed E-state index contributed by atoms with van der Waals surface area (Å²) in [6.07, 6.45) is 7.17. The van der Waals surface area contributed by atoms with Crippen LogP contribution in [0.1, 0.15) is 11.1 Å². The first-order valence-corrected chi connectivity index (χ1v) is 6.47. The Morgan fingerprint density at radius 3 is 2.00 bits per heavy atom. The van der Waals surface area contributed by atoms with E-state index in [0.717, 1.165) is 0 Å². The largest absolute Gasteiger partial charge is 0.497 e. The van der Waals surface area contributed by atoms with Crippen LogP contribution < -0.4 is 0 Å². The van der Waals surface area contributed by atoms with Crippen LogP contribution in [0.2, 0.25) is 0 Å². The molecule has 20 heavy (non-hydrogen) atoms. The van der Waals surface area contributed by atoms with Crippen LogP contribution in [0, 0.1) is 0 Å². The molecule has 0 aromatic heterocycles. The quantitative estimate of drug-likeness (QED) is 0.530. The minimum atomic E-state index is 0.615. The van der Waals surface area contributed by atoms with Gasteiger partial charge in [-0.1, -0.05) is 92.0 Å². The molecule has 2 aromatic rings. The Bertz CT molecular complexity index is 512. The Morgan fingerprint density at radius 1 is 0.850 bits per heavy atom. The average Bonchev–Trinajstić information content (AvgIpc) is 2.53. The Balaban J connectivity index is 0.000000200. The van der Waals surface area contributed by atoms with Crippen molar-refractivity contribution in [3.05, 3.63) is 103 Å². The standard InChI is InChI=1S/C10H10.C9H10O/c1-2-3-7-10-8-5-4-6-9-10;1-2-10-8-9-6-4-3-5-7-9/h2-9H,1H2;2-7H,1,8H2. The van der Waals surface area contributed by atoms with E-state index in [1.54, 1.807) is 6.08 Å². The maximum Gasteiger partial charge on any atom is 0.112 e. The molecule has 0 fully saturated rings. The predicted molar refractivity (Wildman–Crippen MR) is 87.1 cm³/mol. The van der Waals surface area contributed by atoms with Gasteiger partial charge in [0.25, 0.3) is 0 Å². The summed E-state index contributed by atoms with van der Waals surface area (Å²) in [5.74, 6) is 0. The average molecular weight is 264 g/mol. The predicted octanol–water partition coefficient (Wildman–Crippen LogP) is 5.23.